The number of halogens is 2. The van der Waals surface area contributed by atoms with Crippen molar-refractivity contribution in [2.75, 3.05) is 11.9 Å². The second-order valence-corrected chi connectivity index (χ2v) is 5.08. The Morgan fingerprint density at radius 3 is 2.44 bits per heavy atom. The van der Waals surface area contributed by atoms with Crippen molar-refractivity contribution in [2.24, 2.45) is 0 Å². The maximum Gasteiger partial charge on any atom is 0.0823 e. The molecule has 2 rings (SSSR count). The zero-order valence-corrected chi connectivity index (χ0v) is 11.7. The lowest BCUT2D eigenvalue weighted by atomic mass is 10.0. The summed E-state index contributed by atoms with van der Waals surface area (Å²) in [5.41, 5.74) is 2.19. The molecule has 0 aromatic heterocycles. The summed E-state index contributed by atoms with van der Waals surface area (Å²) in [7, 11) is 0. The fourth-order valence-corrected chi connectivity index (χ4v) is 2.17. The van der Waals surface area contributed by atoms with E-state index in [-0.39, 0.29) is 0 Å². The lowest BCUT2D eigenvalue weighted by Gasteiger charge is -2.15. The number of hydrogen-bond donors (Lipinski definition) is 1. The van der Waals surface area contributed by atoms with Crippen LogP contribution in [-0.4, -0.2) is 6.54 Å². The monoisotopic (exact) mass is 279 g/mol. The number of rotatable bonds is 4. The highest BCUT2D eigenvalue weighted by atomic mass is 35.5. The molecule has 0 saturated carbocycles. The van der Waals surface area contributed by atoms with Crippen molar-refractivity contribution < 1.29 is 0 Å². The zero-order chi connectivity index (χ0) is 13.0. The Balaban J connectivity index is 2.02. The second kappa shape index (κ2) is 6.12. The normalized spacial score (nSPS) is 12.2. The van der Waals surface area contributed by atoms with Gasteiger partial charge in [0.2, 0.25) is 0 Å². The molecule has 0 bridgehead atoms. The smallest absolute Gasteiger partial charge is 0.0823 e. The van der Waals surface area contributed by atoms with Gasteiger partial charge in [0, 0.05) is 6.54 Å². The molecule has 0 aliphatic rings. The van der Waals surface area contributed by atoms with Crippen LogP contribution in [0.4, 0.5) is 5.69 Å². The predicted octanol–water partition coefficient (Wildman–Crippen LogP) is 5.21. The maximum absolute atomic E-state index is 6.13. The van der Waals surface area contributed by atoms with E-state index in [4.69, 9.17) is 23.2 Å². The van der Waals surface area contributed by atoms with E-state index < -0.39 is 0 Å². The van der Waals surface area contributed by atoms with Crippen LogP contribution >= 0.6 is 23.2 Å². The molecular weight excluding hydrogens is 265 g/mol. The van der Waals surface area contributed by atoms with Crippen LogP contribution in [0.15, 0.2) is 48.5 Å². The summed E-state index contributed by atoms with van der Waals surface area (Å²) in [5.74, 6) is 0.418. The Morgan fingerprint density at radius 2 is 1.72 bits per heavy atom. The third-order valence-corrected chi connectivity index (χ3v) is 3.74. The standard InChI is InChI=1S/C15H15Cl2N/c1-11(12-6-3-2-4-7-12)10-18-14-9-5-8-13(16)15(14)17/h2-9,11,18H,10H2,1H3. The van der Waals surface area contributed by atoms with E-state index in [0.29, 0.717) is 16.0 Å². The number of hydrogen-bond acceptors (Lipinski definition) is 1. The average Bonchev–Trinajstić information content (AvgIpc) is 2.41. The van der Waals surface area contributed by atoms with Gasteiger partial charge in [0.25, 0.3) is 0 Å². The first-order chi connectivity index (χ1) is 8.68. The van der Waals surface area contributed by atoms with Gasteiger partial charge in [-0.1, -0.05) is 66.5 Å². The Kier molecular flexibility index (Phi) is 4.51. The third kappa shape index (κ3) is 3.18. The van der Waals surface area contributed by atoms with Crippen LogP contribution in [0.1, 0.15) is 18.4 Å². The molecule has 0 fully saturated rings. The molecule has 0 amide bonds. The van der Waals surface area contributed by atoms with Gasteiger partial charge in [0.1, 0.15) is 0 Å². The minimum atomic E-state index is 0.418. The SMILES string of the molecule is CC(CNc1cccc(Cl)c1Cl)c1ccccc1. The second-order valence-electron chi connectivity index (χ2n) is 4.29. The first-order valence-electron chi connectivity index (χ1n) is 5.91. The molecule has 2 aromatic carbocycles. The van der Waals surface area contributed by atoms with Crippen LogP contribution < -0.4 is 5.32 Å². The summed E-state index contributed by atoms with van der Waals surface area (Å²) in [4.78, 5) is 0. The van der Waals surface area contributed by atoms with E-state index in [0.717, 1.165) is 12.2 Å². The van der Waals surface area contributed by atoms with Gasteiger partial charge in [-0.15, -0.1) is 0 Å². The molecule has 18 heavy (non-hydrogen) atoms. The highest BCUT2D eigenvalue weighted by molar-refractivity contribution is 6.43. The highest BCUT2D eigenvalue weighted by Gasteiger charge is 2.07. The molecule has 0 heterocycles. The molecule has 0 aliphatic carbocycles. The minimum absolute atomic E-state index is 0.418. The Bertz CT molecular complexity index is 511. The molecule has 1 N–H and O–H groups in total. The Morgan fingerprint density at radius 1 is 1.00 bits per heavy atom. The van der Waals surface area contributed by atoms with Gasteiger partial charge in [-0.2, -0.15) is 0 Å². The van der Waals surface area contributed by atoms with Crippen molar-refractivity contribution in [2.45, 2.75) is 12.8 Å². The van der Waals surface area contributed by atoms with Crippen molar-refractivity contribution in [1.29, 1.82) is 0 Å². The van der Waals surface area contributed by atoms with Gasteiger partial charge < -0.3 is 5.32 Å². The molecule has 3 heteroatoms. The molecule has 94 valence electrons. The van der Waals surface area contributed by atoms with Gasteiger partial charge >= 0.3 is 0 Å². The minimum Gasteiger partial charge on any atom is -0.383 e. The summed E-state index contributed by atoms with van der Waals surface area (Å²) < 4.78 is 0. The molecule has 1 nitrogen and oxygen atoms in total. The van der Waals surface area contributed by atoms with Crippen LogP contribution in [0.5, 0.6) is 0 Å². The first-order valence-corrected chi connectivity index (χ1v) is 6.67. The fourth-order valence-electron chi connectivity index (χ4n) is 1.80. The molecule has 0 saturated heterocycles. The lowest BCUT2D eigenvalue weighted by molar-refractivity contribution is 0.805. The van der Waals surface area contributed by atoms with Crippen molar-refractivity contribution in [1.82, 2.24) is 0 Å². The van der Waals surface area contributed by atoms with Crippen LogP contribution in [0.25, 0.3) is 0 Å². The number of benzene rings is 2. The summed E-state index contributed by atoms with van der Waals surface area (Å²) in [6.07, 6.45) is 0. The van der Waals surface area contributed by atoms with Gasteiger partial charge in [-0.05, 0) is 23.6 Å². The van der Waals surface area contributed by atoms with Crippen LogP contribution in [0, 0.1) is 0 Å². The largest absolute Gasteiger partial charge is 0.383 e. The average molecular weight is 280 g/mol. The number of nitrogens with one attached hydrogen (secondary N) is 1. The van der Waals surface area contributed by atoms with E-state index >= 15 is 0 Å². The van der Waals surface area contributed by atoms with Gasteiger partial charge in [0.05, 0.1) is 15.7 Å². The molecule has 0 aliphatic heterocycles. The fraction of sp³-hybridized carbons (Fsp3) is 0.200. The quantitative estimate of drug-likeness (QED) is 0.810. The van der Waals surface area contributed by atoms with E-state index in [9.17, 15) is 0 Å². The van der Waals surface area contributed by atoms with E-state index in [1.165, 1.54) is 5.56 Å². The van der Waals surface area contributed by atoms with E-state index in [1.54, 1.807) is 6.07 Å². The van der Waals surface area contributed by atoms with Crippen LogP contribution in [-0.2, 0) is 0 Å². The highest BCUT2D eigenvalue weighted by Crippen LogP contribution is 2.30. The van der Waals surface area contributed by atoms with Crippen molar-refractivity contribution in [3.8, 4) is 0 Å². The van der Waals surface area contributed by atoms with Crippen molar-refractivity contribution >= 4 is 28.9 Å². The van der Waals surface area contributed by atoms with Gasteiger partial charge in [0.15, 0.2) is 0 Å². The van der Waals surface area contributed by atoms with Crippen LogP contribution in [0.3, 0.4) is 0 Å². The van der Waals surface area contributed by atoms with Crippen molar-refractivity contribution in [3.05, 3.63) is 64.1 Å². The summed E-state index contributed by atoms with van der Waals surface area (Å²) >= 11 is 12.1. The Hall–Kier alpha value is -1.18. The third-order valence-electron chi connectivity index (χ3n) is 2.92. The molecule has 0 spiro atoms. The molecular formula is C15H15Cl2N. The zero-order valence-electron chi connectivity index (χ0n) is 10.2. The van der Waals surface area contributed by atoms with E-state index in [2.05, 4.69) is 36.5 Å². The topological polar surface area (TPSA) is 12.0 Å². The van der Waals surface area contributed by atoms with Crippen molar-refractivity contribution in [3.63, 3.8) is 0 Å². The molecule has 2 aromatic rings. The van der Waals surface area contributed by atoms with Gasteiger partial charge in [-0.3, -0.25) is 0 Å². The summed E-state index contributed by atoms with van der Waals surface area (Å²) in [6, 6.07) is 16.0. The summed E-state index contributed by atoms with van der Waals surface area (Å²) in [6.45, 7) is 3.00. The molecule has 0 radical (unpaired) electrons. The van der Waals surface area contributed by atoms with Crippen LogP contribution in [0.2, 0.25) is 10.0 Å². The van der Waals surface area contributed by atoms with E-state index in [1.807, 2.05) is 18.2 Å². The molecule has 1 atom stereocenters. The van der Waals surface area contributed by atoms with Gasteiger partial charge in [-0.25, -0.2) is 0 Å². The predicted molar refractivity (Wildman–Crippen MR) is 79.8 cm³/mol. The molecule has 1 unspecified atom stereocenters. The maximum atomic E-state index is 6.13. The number of anilines is 1. The first kappa shape index (κ1) is 13.3. The summed E-state index contributed by atoms with van der Waals surface area (Å²) in [5, 5.41) is 4.50. The Labute approximate surface area is 118 Å². The lowest BCUT2D eigenvalue weighted by Crippen LogP contribution is -2.10.